The average molecular weight is 450 g/mol. The first-order valence-electron chi connectivity index (χ1n) is 10.9. The van der Waals surface area contributed by atoms with Crippen LogP contribution in [0.15, 0.2) is 77.7 Å². The van der Waals surface area contributed by atoms with Crippen LogP contribution in [0, 0.1) is 5.82 Å². The molecule has 0 spiro atoms. The second kappa shape index (κ2) is 9.31. The van der Waals surface area contributed by atoms with Gasteiger partial charge in [-0.05, 0) is 53.8 Å². The standard InChI is InChI=1S/C26H25ClFN3O/c27-25-7-2-1-5-21(25)15-30-11-10-29-26(30)17-31(23-8-9-23)16-24-14-20(18-32-24)12-19-4-3-6-22(28)13-19/h1-7,10-11,13-14,18,23H,8-9,12,15-17H2. The molecule has 0 bridgehead atoms. The number of rotatable bonds is 9. The molecule has 1 aliphatic carbocycles. The molecule has 32 heavy (non-hydrogen) atoms. The van der Waals surface area contributed by atoms with Crippen LogP contribution in [0.1, 0.15) is 41.1 Å². The van der Waals surface area contributed by atoms with Gasteiger partial charge in [-0.1, -0.05) is 41.9 Å². The molecule has 4 nitrogen and oxygen atoms in total. The zero-order valence-corrected chi connectivity index (χ0v) is 18.5. The molecule has 2 aromatic heterocycles. The Labute approximate surface area is 192 Å². The Morgan fingerprint density at radius 2 is 1.94 bits per heavy atom. The normalized spacial score (nSPS) is 13.7. The largest absolute Gasteiger partial charge is 0.468 e. The molecule has 0 saturated heterocycles. The van der Waals surface area contributed by atoms with Crippen molar-refractivity contribution in [3.63, 3.8) is 0 Å². The molecule has 1 aliphatic rings. The van der Waals surface area contributed by atoms with Gasteiger partial charge in [-0.25, -0.2) is 9.37 Å². The first kappa shape index (κ1) is 21.0. The van der Waals surface area contributed by atoms with Gasteiger partial charge in [0.2, 0.25) is 0 Å². The number of hydrogen-bond donors (Lipinski definition) is 0. The second-order valence-electron chi connectivity index (χ2n) is 8.43. The van der Waals surface area contributed by atoms with Crippen molar-refractivity contribution in [2.24, 2.45) is 0 Å². The number of imidazole rings is 1. The quantitative estimate of drug-likeness (QED) is 0.311. The van der Waals surface area contributed by atoms with E-state index < -0.39 is 0 Å². The summed E-state index contributed by atoms with van der Waals surface area (Å²) >= 11 is 6.36. The summed E-state index contributed by atoms with van der Waals surface area (Å²) in [5, 5.41) is 0.771. The number of nitrogens with zero attached hydrogens (tertiary/aromatic N) is 3. The zero-order chi connectivity index (χ0) is 21.9. The molecule has 4 aromatic rings. The summed E-state index contributed by atoms with van der Waals surface area (Å²) in [5.41, 5.74) is 3.08. The summed E-state index contributed by atoms with van der Waals surface area (Å²) < 4.78 is 21.5. The Hall–Kier alpha value is -2.89. The second-order valence-corrected chi connectivity index (χ2v) is 8.83. The van der Waals surface area contributed by atoms with Crippen molar-refractivity contribution < 1.29 is 8.81 Å². The summed E-state index contributed by atoms with van der Waals surface area (Å²) in [6.07, 6.45) is 8.69. The van der Waals surface area contributed by atoms with E-state index >= 15 is 0 Å². The van der Waals surface area contributed by atoms with E-state index in [1.165, 1.54) is 18.9 Å². The molecule has 1 fully saturated rings. The van der Waals surface area contributed by atoms with E-state index in [9.17, 15) is 4.39 Å². The van der Waals surface area contributed by atoms with Crippen LogP contribution >= 0.6 is 11.6 Å². The van der Waals surface area contributed by atoms with Crippen molar-refractivity contribution in [1.29, 1.82) is 0 Å². The maximum atomic E-state index is 13.5. The summed E-state index contributed by atoms with van der Waals surface area (Å²) in [6.45, 7) is 2.18. The third kappa shape index (κ3) is 5.12. The highest BCUT2D eigenvalue weighted by atomic mass is 35.5. The van der Waals surface area contributed by atoms with Crippen molar-refractivity contribution >= 4 is 11.6 Å². The summed E-state index contributed by atoms with van der Waals surface area (Å²) in [4.78, 5) is 7.04. The van der Waals surface area contributed by atoms with Gasteiger partial charge < -0.3 is 8.98 Å². The maximum absolute atomic E-state index is 13.5. The summed E-state index contributed by atoms with van der Waals surface area (Å²) in [6, 6.07) is 17.3. The van der Waals surface area contributed by atoms with Gasteiger partial charge in [-0.3, -0.25) is 4.90 Å². The van der Waals surface area contributed by atoms with E-state index in [-0.39, 0.29) is 5.82 Å². The number of aromatic nitrogens is 2. The molecule has 0 atom stereocenters. The summed E-state index contributed by atoms with van der Waals surface area (Å²) in [7, 11) is 0. The van der Waals surface area contributed by atoms with Crippen LogP contribution in [0.4, 0.5) is 4.39 Å². The molecule has 0 N–H and O–H groups in total. The third-order valence-electron chi connectivity index (χ3n) is 5.87. The van der Waals surface area contributed by atoms with Gasteiger partial charge in [0.15, 0.2) is 0 Å². The fourth-order valence-corrected chi connectivity index (χ4v) is 4.26. The van der Waals surface area contributed by atoms with E-state index in [0.717, 1.165) is 46.4 Å². The Morgan fingerprint density at radius 3 is 2.75 bits per heavy atom. The van der Waals surface area contributed by atoms with Crippen LogP contribution in [0.3, 0.4) is 0 Å². The van der Waals surface area contributed by atoms with Crippen LogP contribution in [0.5, 0.6) is 0 Å². The molecule has 0 unspecified atom stereocenters. The molecule has 0 aliphatic heterocycles. The highest BCUT2D eigenvalue weighted by Gasteiger charge is 2.30. The van der Waals surface area contributed by atoms with Crippen molar-refractivity contribution in [2.45, 2.75) is 44.9 Å². The van der Waals surface area contributed by atoms with E-state index in [4.69, 9.17) is 16.0 Å². The van der Waals surface area contributed by atoms with Gasteiger partial charge in [0.25, 0.3) is 0 Å². The lowest BCUT2D eigenvalue weighted by molar-refractivity contribution is 0.217. The van der Waals surface area contributed by atoms with Crippen LogP contribution in [-0.4, -0.2) is 20.5 Å². The van der Waals surface area contributed by atoms with Crippen molar-refractivity contribution in [3.8, 4) is 0 Å². The third-order valence-corrected chi connectivity index (χ3v) is 6.24. The summed E-state index contributed by atoms with van der Waals surface area (Å²) in [5.74, 6) is 1.73. The van der Waals surface area contributed by atoms with Crippen LogP contribution in [-0.2, 0) is 26.1 Å². The lowest BCUT2D eigenvalue weighted by Crippen LogP contribution is -2.26. The van der Waals surface area contributed by atoms with Crippen LogP contribution in [0.2, 0.25) is 5.02 Å². The lowest BCUT2D eigenvalue weighted by atomic mass is 10.1. The zero-order valence-electron chi connectivity index (χ0n) is 17.8. The Bertz CT molecular complexity index is 1200. The molecule has 0 amide bonds. The monoisotopic (exact) mass is 449 g/mol. The molecular formula is C26H25ClFN3O. The average Bonchev–Trinajstić information content (AvgIpc) is 3.40. The van der Waals surface area contributed by atoms with E-state index in [1.54, 1.807) is 18.4 Å². The van der Waals surface area contributed by atoms with Crippen molar-refractivity contribution in [2.75, 3.05) is 0 Å². The number of halogens is 2. The Balaban J connectivity index is 1.27. The smallest absolute Gasteiger partial charge is 0.123 e. The van der Waals surface area contributed by atoms with Crippen LogP contribution < -0.4 is 0 Å². The predicted octanol–water partition coefficient (Wildman–Crippen LogP) is 6.07. The van der Waals surface area contributed by atoms with Gasteiger partial charge in [0, 0.05) is 29.9 Å². The van der Waals surface area contributed by atoms with Gasteiger partial charge >= 0.3 is 0 Å². The number of furan rings is 1. The number of benzene rings is 2. The van der Waals surface area contributed by atoms with E-state index in [2.05, 4.69) is 20.5 Å². The minimum atomic E-state index is -0.210. The highest BCUT2D eigenvalue weighted by molar-refractivity contribution is 6.31. The molecule has 1 saturated carbocycles. The minimum Gasteiger partial charge on any atom is -0.468 e. The van der Waals surface area contributed by atoms with Crippen molar-refractivity contribution in [1.82, 2.24) is 14.5 Å². The minimum absolute atomic E-state index is 0.210. The molecule has 2 heterocycles. The fraction of sp³-hybridized carbons (Fsp3) is 0.269. The van der Waals surface area contributed by atoms with Gasteiger partial charge in [0.05, 0.1) is 25.9 Å². The highest BCUT2D eigenvalue weighted by Crippen LogP contribution is 2.30. The topological polar surface area (TPSA) is 34.2 Å². The maximum Gasteiger partial charge on any atom is 0.123 e. The molecule has 0 radical (unpaired) electrons. The van der Waals surface area contributed by atoms with Gasteiger partial charge in [-0.2, -0.15) is 0 Å². The van der Waals surface area contributed by atoms with E-state index in [1.807, 2.05) is 42.7 Å². The molecular weight excluding hydrogens is 425 g/mol. The van der Waals surface area contributed by atoms with E-state index in [0.29, 0.717) is 19.0 Å². The number of hydrogen-bond acceptors (Lipinski definition) is 3. The first-order chi connectivity index (χ1) is 15.6. The molecule has 5 rings (SSSR count). The molecule has 6 heteroatoms. The van der Waals surface area contributed by atoms with Crippen LogP contribution in [0.25, 0.3) is 0 Å². The predicted molar refractivity (Wildman–Crippen MR) is 123 cm³/mol. The Morgan fingerprint density at radius 1 is 1.06 bits per heavy atom. The first-order valence-corrected chi connectivity index (χ1v) is 11.3. The fourth-order valence-electron chi connectivity index (χ4n) is 4.07. The molecule has 164 valence electrons. The lowest BCUT2D eigenvalue weighted by Gasteiger charge is -2.21. The van der Waals surface area contributed by atoms with Crippen molar-refractivity contribution in [3.05, 3.63) is 112 Å². The van der Waals surface area contributed by atoms with Gasteiger partial charge in [0.1, 0.15) is 17.4 Å². The Kier molecular flexibility index (Phi) is 6.10. The molecule has 2 aromatic carbocycles. The SMILES string of the molecule is Fc1cccc(Cc2coc(CN(Cc3nccn3Cc3ccccc3Cl)C3CC3)c2)c1. The van der Waals surface area contributed by atoms with Gasteiger partial charge in [-0.15, -0.1) is 0 Å².